The van der Waals surface area contributed by atoms with Gasteiger partial charge >= 0.3 is 5.97 Å². The molecule has 0 N–H and O–H groups in total. The van der Waals surface area contributed by atoms with Crippen LogP contribution in [0.2, 0.25) is 0 Å². The fourth-order valence-electron chi connectivity index (χ4n) is 1.03. The average Bonchev–Trinajstić information content (AvgIpc) is 2.24. The molecule has 0 bridgehead atoms. The van der Waals surface area contributed by atoms with Crippen molar-refractivity contribution in [1.82, 2.24) is 0 Å². The molecule has 0 amide bonds. The maximum absolute atomic E-state index is 11.8. The van der Waals surface area contributed by atoms with Crippen molar-refractivity contribution in [3.05, 3.63) is 0 Å². The summed E-state index contributed by atoms with van der Waals surface area (Å²) >= 11 is 0. The van der Waals surface area contributed by atoms with Gasteiger partial charge < -0.3 is 4.74 Å². The Hall–Kier alpha value is -0.690. The van der Waals surface area contributed by atoms with Crippen molar-refractivity contribution in [2.45, 2.75) is 59.7 Å². The quantitative estimate of drug-likeness (QED) is 0.389. The van der Waals surface area contributed by atoms with E-state index < -0.39 is 23.1 Å². The van der Waals surface area contributed by atoms with Gasteiger partial charge in [-0.15, -0.1) is 0 Å². The molecule has 0 aromatic carbocycles. The maximum atomic E-state index is 11.8. The Kier molecular flexibility index (Phi) is 8.27. The minimum atomic E-state index is -0.598. The van der Waals surface area contributed by atoms with Crippen LogP contribution in [0.4, 0.5) is 0 Å². The standard InChI is InChI=1S/C14H28O6/c1-8-16-12(15)11(9-17-19-13(2,3)4)10-18-20-14(5,6)7/h11H,8-10H2,1-7H3. The van der Waals surface area contributed by atoms with E-state index in [0.717, 1.165) is 0 Å². The van der Waals surface area contributed by atoms with Crippen LogP contribution >= 0.6 is 0 Å². The van der Waals surface area contributed by atoms with E-state index in [0.29, 0.717) is 6.61 Å². The van der Waals surface area contributed by atoms with Crippen molar-refractivity contribution in [2.75, 3.05) is 19.8 Å². The van der Waals surface area contributed by atoms with Crippen LogP contribution in [0.1, 0.15) is 48.5 Å². The van der Waals surface area contributed by atoms with Crippen molar-refractivity contribution in [1.29, 1.82) is 0 Å². The summed E-state index contributed by atoms with van der Waals surface area (Å²) in [7, 11) is 0. The molecular formula is C14H28O6. The van der Waals surface area contributed by atoms with Gasteiger partial charge in [-0.3, -0.25) is 4.79 Å². The molecule has 0 spiro atoms. The van der Waals surface area contributed by atoms with E-state index in [1.54, 1.807) is 6.92 Å². The Morgan fingerprint density at radius 2 is 1.30 bits per heavy atom. The molecule has 0 unspecified atom stereocenters. The lowest BCUT2D eigenvalue weighted by Crippen LogP contribution is -2.31. The van der Waals surface area contributed by atoms with E-state index in [4.69, 9.17) is 24.3 Å². The third kappa shape index (κ3) is 11.2. The molecule has 0 saturated heterocycles. The zero-order chi connectivity index (χ0) is 15.8. The lowest BCUT2D eigenvalue weighted by atomic mass is 10.2. The van der Waals surface area contributed by atoms with Gasteiger partial charge in [-0.2, -0.15) is 0 Å². The summed E-state index contributed by atoms with van der Waals surface area (Å²) in [5, 5.41) is 0. The van der Waals surface area contributed by atoms with Gasteiger partial charge in [0.1, 0.15) is 5.92 Å². The monoisotopic (exact) mass is 292 g/mol. The molecule has 0 rings (SSSR count). The number of esters is 1. The summed E-state index contributed by atoms with van der Waals surface area (Å²) in [6.45, 7) is 13.3. The minimum absolute atomic E-state index is 0.0452. The van der Waals surface area contributed by atoms with Crippen molar-refractivity contribution in [3.63, 3.8) is 0 Å². The summed E-state index contributed by atoms with van der Waals surface area (Å²) in [6, 6.07) is 0. The molecule has 0 radical (unpaired) electrons. The van der Waals surface area contributed by atoms with Crippen LogP contribution in [0, 0.1) is 5.92 Å². The molecule has 6 nitrogen and oxygen atoms in total. The zero-order valence-electron chi connectivity index (χ0n) is 13.6. The van der Waals surface area contributed by atoms with Gasteiger partial charge in [0.2, 0.25) is 0 Å². The molecule has 0 aliphatic heterocycles. The molecule has 0 saturated carbocycles. The van der Waals surface area contributed by atoms with E-state index in [-0.39, 0.29) is 13.2 Å². The highest BCUT2D eigenvalue weighted by molar-refractivity contribution is 5.72. The molecule has 0 atom stereocenters. The third-order valence-corrected chi connectivity index (χ3v) is 1.78. The van der Waals surface area contributed by atoms with Crippen molar-refractivity contribution in [3.8, 4) is 0 Å². The van der Waals surface area contributed by atoms with Crippen molar-refractivity contribution in [2.24, 2.45) is 5.92 Å². The van der Waals surface area contributed by atoms with E-state index in [2.05, 4.69) is 0 Å². The molecule has 0 aliphatic rings. The first-order valence-electron chi connectivity index (χ1n) is 6.83. The van der Waals surface area contributed by atoms with Gasteiger partial charge in [0, 0.05) is 0 Å². The smallest absolute Gasteiger partial charge is 0.313 e. The summed E-state index contributed by atoms with van der Waals surface area (Å²) in [5.74, 6) is -0.998. The summed E-state index contributed by atoms with van der Waals surface area (Å²) < 4.78 is 4.96. The summed E-state index contributed by atoms with van der Waals surface area (Å²) in [6.07, 6.45) is 0. The summed E-state index contributed by atoms with van der Waals surface area (Å²) in [4.78, 5) is 32.2. The van der Waals surface area contributed by atoms with Gasteiger partial charge in [0.25, 0.3) is 0 Å². The van der Waals surface area contributed by atoms with Crippen LogP contribution in [0.5, 0.6) is 0 Å². The predicted octanol–water partition coefficient (Wildman–Crippen LogP) is 2.66. The lowest BCUT2D eigenvalue weighted by molar-refractivity contribution is -0.372. The Labute approximate surface area is 121 Å². The van der Waals surface area contributed by atoms with Crippen LogP contribution in [0.15, 0.2) is 0 Å². The van der Waals surface area contributed by atoms with Crippen LogP contribution < -0.4 is 0 Å². The topological polar surface area (TPSA) is 63.2 Å². The molecular weight excluding hydrogens is 264 g/mol. The SMILES string of the molecule is CCOC(=O)C(COOC(C)(C)C)COOC(C)(C)C. The molecule has 0 heterocycles. The van der Waals surface area contributed by atoms with Crippen molar-refractivity contribution < 1.29 is 29.1 Å². The van der Waals surface area contributed by atoms with E-state index in [9.17, 15) is 4.79 Å². The first kappa shape index (κ1) is 19.3. The summed E-state index contributed by atoms with van der Waals surface area (Å²) in [5.41, 5.74) is -0.885. The van der Waals surface area contributed by atoms with Gasteiger partial charge in [-0.05, 0) is 48.5 Å². The largest absolute Gasteiger partial charge is 0.466 e. The number of carbonyl (C=O) groups is 1. The highest BCUT2D eigenvalue weighted by atomic mass is 17.2. The van der Waals surface area contributed by atoms with E-state index in [1.807, 2.05) is 41.5 Å². The van der Waals surface area contributed by atoms with Crippen molar-refractivity contribution >= 4 is 5.97 Å². The Morgan fingerprint density at radius 3 is 1.60 bits per heavy atom. The second-order valence-electron chi connectivity index (χ2n) is 6.41. The Bertz CT molecular complexity index is 256. The van der Waals surface area contributed by atoms with Gasteiger partial charge in [-0.25, -0.2) is 19.6 Å². The van der Waals surface area contributed by atoms with Gasteiger partial charge in [-0.1, -0.05) is 0 Å². The first-order chi connectivity index (χ1) is 9.05. The molecule has 20 heavy (non-hydrogen) atoms. The maximum Gasteiger partial charge on any atom is 0.313 e. The van der Waals surface area contributed by atoms with E-state index >= 15 is 0 Å². The number of ether oxygens (including phenoxy) is 1. The second-order valence-corrected chi connectivity index (χ2v) is 6.41. The molecule has 0 aromatic heterocycles. The second kappa shape index (κ2) is 8.56. The number of carbonyl (C=O) groups excluding carboxylic acids is 1. The Balaban J connectivity index is 4.24. The van der Waals surface area contributed by atoms with Crippen LogP contribution in [0.3, 0.4) is 0 Å². The number of rotatable bonds is 8. The number of hydrogen-bond acceptors (Lipinski definition) is 6. The normalized spacial score (nSPS) is 12.8. The number of hydrogen-bond donors (Lipinski definition) is 0. The zero-order valence-corrected chi connectivity index (χ0v) is 13.6. The molecule has 6 heteroatoms. The van der Waals surface area contributed by atoms with Crippen LogP contribution in [0.25, 0.3) is 0 Å². The Morgan fingerprint density at radius 1 is 0.900 bits per heavy atom. The molecule has 0 fully saturated rings. The minimum Gasteiger partial charge on any atom is -0.466 e. The molecule has 0 aliphatic carbocycles. The van der Waals surface area contributed by atoms with Crippen LogP contribution in [-0.4, -0.2) is 37.0 Å². The molecule has 120 valence electrons. The van der Waals surface area contributed by atoms with Gasteiger partial charge in [0.15, 0.2) is 0 Å². The predicted molar refractivity (Wildman–Crippen MR) is 73.7 cm³/mol. The van der Waals surface area contributed by atoms with E-state index in [1.165, 1.54) is 0 Å². The lowest BCUT2D eigenvalue weighted by Gasteiger charge is -2.22. The third-order valence-electron chi connectivity index (χ3n) is 1.78. The highest BCUT2D eigenvalue weighted by Gasteiger charge is 2.24. The molecule has 0 aromatic rings. The fraction of sp³-hybridized carbons (Fsp3) is 0.929. The van der Waals surface area contributed by atoms with Crippen LogP contribution in [-0.2, 0) is 29.1 Å². The fourth-order valence-corrected chi connectivity index (χ4v) is 1.03. The highest BCUT2D eigenvalue weighted by Crippen LogP contribution is 2.12. The van der Waals surface area contributed by atoms with Gasteiger partial charge in [0.05, 0.1) is 31.0 Å². The average molecular weight is 292 g/mol. The first-order valence-corrected chi connectivity index (χ1v) is 6.83.